The predicted octanol–water partition coefficient (Wildman–Crippen LogP) is 3.96. The second kappa shape index (κ2) is 6.95. The van der Waals surface area contributed by atoms with Crippen molar-refractivity contribution in [3.05, 3.63) is 64.2 Å². The van der Waals surface area contributed by atoms with E-state index in [4.69, 9.17) is 5.73 Å². The number of halogens is 3. The quantitative estimate of drug-likeness (QED) is 0.868. The summed E-state index contributed by atoms with van der Waals surface area (Å²) in [6.07, 6.45) is -4.13. The second-order valence-corrected chi connectivity index (χ2v) is 5.78. The van der Waals surface area contributed by atoms with Crippen molar-refractivity contribution in [2.75, 3.05) is 5.32 Å². The predicted molar refractivity (Wildman–Crippen MR) is 87.6 cm³/mol. The van der Waals surface area contributed by atoms with E-state index < -0.39 is 11.7 Å². The van der Waals surface area contributed by atoms with Crippen LogP contribution in [0.25, 0.3) is 0 Å². The molecule has 2 aromatic rings. The van der Waals surface area contributed by atoms with Crippen LogP contribution < -0.4 is 11.1 Å². The van der Waals surface area contributed by atoms with Gasteiger partial charge in [-0.3, -0.25) is 4.79 Å². The Morgan fingerprint density at radius 3 is 2.08 bits per heavy atom. The molecular weight excluding hydrogens is 317 g/mol. The van der Waals surface area contributed by atoms with E-state index in [1.54, 1.807) is 0 Å². The molecule has 3 nitrogen and oxygen atoms in total. The molecule has 6 heteroatoms. The largest absolute Gasteiger partial charge is 0.416 e. The van der Waals surface area contributed by atoms with Crippen molar-refractivity contribution in [3.8, 4) is 0 Å². The number of benzene rings is 2. The van der Waals surface area contributed by atoms with Crippen molar-refractivity contribution in [1.29, 1.82) is 0 Å². The first-order valence-corrected chi connectivity index (χ1v) is 7.45. The SMILES string of the molecule is Cc1cc(CNc2ccc(C(F)(F)F)cc2)cc(C)c1CC(N)=O. The Hall–Kier alpha value is -2.50. The molecule has 2 rings (SSSR count). The molecule has 1 amide bonds. The van der Waals surface area contributed by atoms with Gasteiger partial charge in [-0.1, -0.05) is 12.1 Å². The second-order valence-electron chi connectivity index (χ2n) is 5.78. The van der Waals surface area contributed by atoms with Gasteiger partial charge in [0.2, 0.25) is 5.91 Å². The van der Waals surface area contributed by atoms with E-state index in [0.717, 1.165) is 34.4 Å². The minimum Gasteiger partial charge on any atom is -0.381 e. The summed E-state index contributed by atoms with van der Waals surface area (Å²) < 4.78 is 37.6. The van der Waals surface area contributed by atoms with Crippen molar-refractivity contribution in [2.45, 2.75) is 33.0 Å². The molecule has 24 heavy (non-hydrogen) atoms. The molecule has 0 aliphatic rings. The van der Waals surface area contributed by atoms with Gasteiger partial charge < -0.3 is 11.1 Å². The van der Waals surface area contributed by atoms with Gasteiger partial charge in [-0.25, -0.2) is 0 Å². The van der Waals surface area contributed by atoms with Crippen LogP contribution >= 0.6 is 0 Å². The van der Waals surface area contributed by atoms with Gasteiger partial charge in [0.05, 0.1) is 12.0 Å². The Balaban J connectivity index is 2.08. The maximum Gasteiger partial charge on any atom is 0.416 e. The third kappa shape index (κ3) is 4.50. The molecule has 0 aromatic heterocycles. The van der Waals surface area contributed by atoms with Crippen LogP contribution in [0.1, 0.15) is 27.8 Å². The summed E-state index contributed by atoms with van der Waals surface area (Å²) >= 11 is 0. The molecule has 0 spiro atoms. The number of primary amides is 1. The number of carbonyl (C=O) groups is 1. The van der Waals surface area contributed by atoms with Crippen LogP contribution in [-0.2, 0) is 23.9 Å². The number of hydrogen-bond acceptors (Lipinski definition) is 2. The number of anilines is 1. The summed E-state index contributed by atoms with van der Waals surface area (Å²) in [5.74, 6) is -0.378. The molecule has 0 saturated heterocycles. The maximum absolute atomic E-state index is 12.5. The zero-order valence-corrected chi connectivity index (χ0v) is 13.5. The van der Waals surface area contributed by atoms with Crippen LogP contribution in [-0.4, -0.2) is 5.91 Å². The Morgan fingerprint density at radius 2 is 1.62 bits per heavy atom. The molecule has 0 aliphatic heterocycles. The molecule has 0 aliphatic carbocycles. The van der Waals surface area contributed by atoms with Gasteiger partial charge in [-0.2, -0.15) is 13.2 Å². The molecular formula is C18H19F3N2O. The summed E-state index contributed by atoms with van der Waals surface area (Å²) in [5.41, 5.74) is 9.03. The van der Waals surface area contributed by atoms with E-state index in [2.05, 4.69) is 5.32 Å². The van der Waals surface area contributed by atoms with Gasteiger partial charge in [0.15, 0.2) is 0 Å². The van der Waals surface area contributed by atoms with Crippen LogP contribution in [0.3, 0.4) is 0 Å². The minimum atomic E-state index is -4.33. The average molecular weight is 336 g/mol. The maximum atomic E-state index is 12.5. The van der Waals surface area contributed by atoms with E-state index >= 15 is 0 Å². The lowest BCUT2D eigenvalue weighted by Crippen LogP contribution is -2.15. The highest BCUT2D eigenvalue weighted by Gasteiger charge is 2.29. The fourth-order valence-corrected chi connectivity index (χ4v) is 2.62. The molecule has 0 atom stereocenters. The first kappa shape index (κ1) is 17.8. The number of rotatable bonds is 5. The molecule has 0 radical (unpaired) electrons. The zero-order chi connectivity index (χ0) is 17.9. The van der Waals surface area contributed by atoms with Gasteiger partial charge in [-0.15, -0.1) is 0 Å². The summed E-state index contributed by atoms with van der Waals surface area (Å²) in [6.45, 7) is 4.30. The molecule has 0 bridgehead atoms. The van der Waals surface area contributed by atoms with Gasteiger partial charge in [0.1, 0.15) is 0 Å². The number of nitrogens with two attached hydrogens (primary N) is 1. The summed E-state index contributed by atoms with van der Waals surface area (Å²) in [6, 6.07) is 8.81. The van der Waals surface area contributed by atoms with Crippen molar-refractivity contribution in [2.24, 2.45) is 5.73 Å². The lowest BCUT2D eigenvalue weighted by atomic mass is 9.96. The van der Waals surface area contributed by atoms with Gasteiger partial charge >= 0.3 is 6.18 Å². The lowest BCUT2D eigenvalue weighted by Gasteiger charge is -2.13. The number of carbonyl (C=O) groups excluding carboxylic acids is 1. The molecule has 0 heterocycles. The zero-order valence-electron chi connectivity index (χ0n) is 13.5. The van der Waals surface area contributed by atoms with Crippen LogP contribution in [0.4, 0.5) is 18.9 Å². The molecule has 2 aromatic carbocycles. The molecule has 0 unspecified atom stereocenters. The highest BCUT2D eigenvalue weighted by Crippen LogP contribution is 2.30. The minimum absolute atomic E-state index is 0.199. The van der Waals surface area contributed by atoms with Crippen LogP contribution in [0, 0.1) is 13.8 Å². The van der Waals surface area contributed by atoms with E-state index in [1.807, 2.05) is 26.0 Å². The highest BCUT2D eigenvalue weighted by molar-refractivity contribution is 5.77. The van der Waals surface area contributed by atoms with E-state index in [1.165, 1.54) is 12.1 Å². The Labute approximate surface area is 138 Å². The fraction of sp³-hybridized carbons (Fsp3) is 0.278. The monoisotopic (exact) mass is 336 g/mol. The Kier molecular flexibility index (Phi) is 5.17. The van der Waals surface area contributed by atoms with Crippen LogP contribution in [0.15, 0.2) is 36.4 Å². The van der Waals surface area contributed by atoms with E-state index in [-0.39, 0.29) is 12.3 Å². The first-order chi connectivity index (χ1) is 11.2. The number of aryl methyl sites for hydroxylation is 2. The summed E-state index contributed by atoms with van der Waals surface area (Å²) in [7, 11) is 0. The van der Waals surface area contributed by atoms with Gasteiger partial charge in [-0.05, 0) is 60.4 Å². The summed E-state index contributed by atoms with van der Waals surface area (Å²) in [5, 5.41) is 3.10. The van der Waals surface area contributed by atoms with E-state index in [0.29, 0.717) is 12.2 Å². The normalized spacial score (nSPS) is 11.4. The van der Waals surface area contributed by atoms with Gasteiger partial charge in [0, 0.05) is 12.2 Å². The molecule has 128 valence electrons. The van der Waals surface area contributed by atoms with Crippen molar-refractivity contribution in [3.63, 3.8) is 0 Å². The Morgan fingerprint density at radius 1 is 1.08 bits per heavy atom. The standard InChI is InChI=1S/C18H19F3N2O/c1-11-7-13(8-12(2)16(11)9-17(22)24)10-23-15-5-3-14(4-6-15)18(19,20)21/h3-8,23H,9-10H2,1-2H3,(H2,22,24). The number of amides is 1. The number of hydrogen-bond donors (Lipinski definition) is 2. The Bertz CT molecular complexity index is 714. The van der Waals surface area contributed by atoms with Crippen molar-refractivity contribution >= 4 is 11.6 Å². The van der Waals surface area contributed by atoms with Crippen molar-refractivity contribution in [1.82, 2.24) is 0 Å². The molecule has 0 saturated carbocycles. The topological polar surface area (TPSA) is 55.1 Å². The third-order valence-electron chi connectivity index (χ3n) is 3.82. The smallest absolute Gasteiger partial charge is 0.381 e. The van der Waals surface area contributed by atoms with Gasteiger partial charge in [0.25, 0.3) is 0 Å². The van der Waals surface area contributed by atoms with Crippen LogP contribution in [0.2, 0.25) is 0 Å². The fourth-order valence-electron chi connectivity index (χ4n) is 2.62. The lowest BCUT2D eigenvalue weighted by molar-refractivity contribution is -0.137. The third-order valence-corrected chi connectivity index (χ3v) is 3.82. The number of alkyl halides is 3. The van der Waals surface area contributed by atoms with Crippen LogP contribution in [0.5, 0.6) is 0 Å². The van der Waals surface area contributed by atoms with Crippen molar-refractivity contribution < 1.29 is 18.0 Å². The summed E-state index contributed by atoms with van der Waals surface area (Å²) in [4.78, 5) is 11.1. The average Bonchev–Trinajstić information content (AvgIpc) is 2.48. The highest BCUT2D eigenvalue weighted by atomic mass is 19.4. The molecule has 0 fully saturated rings. The van der Waals surface area contributed by atoms with E-state index in [9.17, 15) is 18.0 Å². The first-order valence-electron chi connectivity index (χ1n) is 7.45. The number of nitrogens with one attached hydrogen (secondary N) is 1. The molecule has 3 N–H and O–H groups in total.